The molecule has 0 N–H and O–H groups in total. The van der Waals surface area contributed by atoms with Gasteiger partial charge < -0.3 is 9.05 Å². The Balaban J connectivity index is 1.33. The van der Waals surface area contributed by atoms with E-state index in [0.29, 0.717) is 22.8 Å². The monoisotopic (exact) mass is 520 g/mol. The molecule has 2 bridgehead atoms. The van der Waals surface area contributed by atoms with E-state index in [1.807, 2.05) is 36.4 Å². The van der Waals surface area contributed by atoms with Crippen LogP contribution in [0.4, 0.5) is 0 Å². The first-order chi connectivity index (χ1) is 17.6. The molecule has 2 aromatic carbocycles. The van der Waals surface area contributed by atoms with Crippen molar-refractivity contribution in [1.82, 2.24) is 0 Å². The number of para-hydroxylation sites is 2. The first kappa shape index (κ1) is 25.3. The second-order valence-electron chi connectivity index (χ2n) is 13.1. The maximum atomic E-state index is 14.3. The first-order valence-electron chi connectivity index (χ1n) is 14.1. The molecular formula is C32H41O4P. The minimum absolute atomic E-state index is 0.0794. The number of fused-ring (bicyclic) bond motifs is 2. The second-order valence-corrected chi connectivity index (χ2v) is 14.5. The van der Waals surface area contributed by atoms with E-state index in [1.165, 1.54) is 32.1 Å². The molecule has 2 aromatic rings. The summed E-state index contributed by atoms with van der Waals surface area (Å²) >= 11 is 0. The van der Waals surface area contributed by atoms with Gasteiger partial charge in [0.15, 0.2) is 0 Å². The third kappa shape index (κ3) is 4.29. The van der Waals surface area contributed by atoms with Gasteiger partial charge in [-0.15, -0.1) is 0 Å². The normalized spacial score (nSPS) is 36.2. The molecule has 0 unspecified atom stereocenters. The summed E-state index contributed by atoms with van der Waals surface area (Å²) in [6, 6.07) is 18.5. The second kappa shape index (κ2) is 9.02. The summed E-state index contributed by atoms with van der Waals surface area (Å²) in [6.07, 6.45) is 10.5. The van der Waals surface area contributed by atoms with Crippen molar-refractivity contribution in [3.63, 3.8) is 0 Å². The minimum atomic E-state index is -3.94. The largest absolute Gasteiger partial charge is 0.587 e. The van der Waals surface area contributed by atoms with Crippen LogP contribution < -0.4 is 9.05 Å². The van der Waals surface area contributed by atoms with E-state index in [9.17, 15) is 4.57 Å². The van der Waals surface area contributed by atoms with Crippen molar-refractivity contribution in [2.45, 2.75) is 78.7 Å². The summed E-state index contributed by atoms with van der Waals surface area (Å²) in [7, 11) is -3.94. The van der Waals surface area contributed by atoms with E-state index in [4.69, 9.17) is 13.6 Å². The molecule has 6 rings (SSSR count). The summed E-state index contributed by atoms with van der Waals surface area (Å²) < 4.78 is 32.9. The molecule has 0 radical (unpaired) electrons. The summed E-state index contributed by atoms with van der Waals surface area (Å²) in [5, 5.41) is 0. The van der Waals surface area contributed by atoms with Crippen molar-refractivity contribution in [3.8, 4) is 11.5 Å². The van der Waals surface area contributed by atoms with E-state index >= 15 is 0 Å². The van der Waals surface area contributed by atoms with Crippen LogP contribution in [-0.2, 0) is 9.09 Å². The van der Waals surface area contributed by atoms with Crippen LogP contribution in [0.15, 0.2) is 72.3 Å². The smallest absolute Gasteiger partial charge is 0.395 e. The van der Waals surface area contributed by atoms with Gasteiger partial charge in [0, 0.05) is 0 Å². The molecule has 4 aliphatic rings. The first-order valence-corrected chi connectivity index (χ1v) is 15.5. The third-order valence-electron chi connectivity index (χ3n) is 10.7. The van der Waals surface area contributed by atoms with Crippen LogP contribution in [-0.4, -0.2) is 6.10 Å². The van der Waals surface area contributed by atoms with Crippen LogP contribution in [0.2, 0.25) is 0 Å². The van der Waals surface area contributed by atoms with E-state index in [-0.39, 0.29) is 16.9 Å². The van der Waals surface area contributed by atoms with Crippen molar-refractivity contribution in [2.75, 3.05) is 0 Å². The Morgan fingerprint density at radius 2 is 1.46 bits per heavy atom. The zero-order valence-corrected chi connectivity index (χ0v) is 23.6. The van der Waals surface area contributed by atoms with Crippen molar-refractivity contribution in [1.29, 1.82) is 0 Å². The van der Waals surface area contributed by atoms with Crippen LogP contribution >= 0.6 is 7.82 Å². The van der Waals surface area contributed by atoms with E-state index in [1.54, 1.807) is 29.8 Å². The van der Waals surface area contributed by atoms with Gasteiger partial charge in [-0.1, -0.05) is 68.8 Å². The van der Waals surface area contributed by atoms with Gasteiger partial charge in [-0.2, -0.15) is 0 Å². The minimum Gasteiger partial charge on any atom is -0.395 e. The number of hydrogen-bond acceptors (Lipinski definition) is 4. The summed E-state index contributed by atoms with van der Waals surface area (Å²) in [6.45, 7) is 9.68. The lowest BCUT2D eigenvalue weighted by Gasteiger charge is -2.65. The topological polar surface area (TPSA) is 44.8 Å². The van der Waals surface area contributed by atoms with Gasteiger partial charge in [-0.3, -0.25) is 4.52 Å². The number of benzene rings is 2. The highest BCUT2D eigenvalue weighted by Crippen LogP contribution is 2.74. The fourth-order valence-electron chi connectivity index (χ4n) is 9.14. The van der Waals surface area contributed by atoms with E-state index in [0.717, 1.165) is 24.7 Å². The number of phosphoric ester groups is 1. The molecule has 37 heavy (non-hydrogen) atoms. The molecular weight excluding hydrogens is 479 g/mol. The number of allylic oxidation sites excluding steroid dienone is 2. The highest BCUT2D eigenvalue weighted by molar-refractivity contribution is 7.49. The fraction of sp³-hybridized carbons (Fsp3) is 0.562. The highest BCUT2D eigenvalue weighted by Gasteiger charge is 2.67. The average molecular weight is 521 g/mol. The van der Waals surface area contributed by atoms with Crippen molar-refractivity contribution < 1.29 is 18.1 Å². The molecule has 0 aliphatic heterocycles. The summed E-state index contributed by atoms with van der Waals surface area (Å²) in [5.74, 6) is 3.11. The highest BCUT2D eigenvalue weighted by atomic mass is 31.2. The molecule has 3 saturated carbocycles. The van der Waals surface area contributed by atoms with Gasteiger partial charge in [-0.05, 0) is 110 Å². The fourth-order valence-corrected chi connectivity index (χ4v) is 10.5. The quantitative estimate of drug-likeness (QED) is 0.281. The van der Waals surface area contributed by atoms with Gasteiger partial charge in [0.05, 0.1) is 6.10 Å². The lowest BCUT2D eigenvalue weighted by Crippen LogP contribution is -2.59. The predicted molar refractivity (Wildman–Crippen MR) is 147 cm³/mol. The molecule has 198 valence electrons. The van der Waals surface area contributed by atoms with Gasteiger partial charge in [0.25, 0.3) is 0 Å². The molecule has 4 aliphatic carbocycles. The number of rotatable bonds is 6. The van der Waals surface area contributed by atoms with Crippen LogP contribution in [0, 0.1) is 34.0 Å². The summed E-state index contributed by atoms with van der Waals surface area (Å²) in [4.78, 5) is 0. The molecule has 6 atom stereocenters. The number of hydrogen-bond donors (Lipinski definition) is 0. The van der Waals surface area contributed by atoms with Gasteiger partial charge in [-0.25, -0.2) is 4.57 Å². The summed E-state index contributed by atoms with van der Waals surface area (Å²) in [5.41, 5.74) is 2.11. The molecule has 0 amide bonds. The van der Waals surface area contributed by atoms with Crippen molar-refractivity contribution in [3.05, 3.63) is 72.3 Å². The zero-order valence-electron chi connectivity index (χ0n) is 22.7. The Bertz CT molecular complexity index is 1160. The van der Waals surface area contributed by atoms with E-state index in [2.05, 4.69) is 33.8 Å². The molecule has 0 aromatic heterocycles. The average Bonchev–Trinajstić information content (AvgIpc) is 3.17. The SMILES string of the molecule is CC1=CC[C@@]23C[C@@H]1C[C@@H]2CC[C@H]1C(C)(C)C[C@H](OP(=O)(Oc2ccccc2)Oc2ccccc2)C[C@@]13C. The maximum absolute atomic E-state index is 14.3. The van der Waals surface area contributed by atoms with Crippen LogP contribution in [0.5, 0.6) is 11.5 Å². The van der Waals surface area contributed by atoms with Crippen molar-refractivity contribution in [2.24, 2.45) is 34.0 Å². The molecule has 4 nitrogen and oxygen atoms in total. The lowest BCUT2D eigenvalue weighted by atomic mass is 9.40. The molecule has 5 heteroatoms. The predicted octanol–water partition coefficient (Wildman–Crippen LogP) is 9.24. The Morgan fingerprint density at radius 3 is 2.08 bits per heavy atom. The Morgan fingerprint density at radius 1 is 0.838 bits per heavy atom. The zero-order chi connectivity index (χ0) is 25.9. The molecule has 3 fully saturated rings. The standard InChI is InChI=1S/C32H41O4P/c1-23-17-18-32-20-24(23)19-25(32)15-16-29-30(2,3)21-28(22-31(29,32)4)36-37(33,34-26-11-7-5-8-12-26)35-27-13-9-6-10-14-27/h5-14,17,24-25,28-29H,15-16,18-22H2,1-4H3/t24-,25-,28-,29-,31-,32+/m0/s1. The van der Waals surface area contributed by atoms with Crippen LogP contribution in [0.3, 0.4) is 0 Å². The van der Waals surface area contributed by atoms with Gasteiger partial charge in [0.1, 0.15) is 11.5 Å². The van der Waals surface area contributed by atoms with E-state index < -0.39 is 7.82 Å². The lowest BCUT2D eigenvalue weighted by molar-refractivity contribution is -0.175. The molecule has 0 heterocycles. The van der Waals surface area contributed by atoms with Crippen LogP contribution in [0.25, 0.3) is 0 Å². The third-order valence-corrected chi connectivity index (χ3v) is 12.1. The van der Waals surface area contributed by atoms with Gasteiger partial charge >= 0.3 is 7.82 Å². The van der Waals surface area contributed by atoms with Crippen LogP contribution in [0.1, 0.15) is 72.6 Å². The Labute approximate surface area is 222 Å². The maximum Gasteiger partial charge on any atom is 0.587 e. The Hall–Kier alpha value is -2.03. The van der Waals surface area contributed by atoms with Gasteiger partial charge in [0.2, 0.25) is 0 Å². The molecule has 1 spiro atoms. The molecule has 0 saturated heterocycles. The Kier molecular flexibility index (Phi) is 6.16. The van der Waals surface area contributed by atoms with Crippen molar-refractivity contribution >= 4 is 7.82 Å². The number of phosphoric acid groups is 1.